The number of aromatic hydroxyl groups is 1. The van der Waals surface area contributed by atoms with Crippen molar-refractivity contribution in [3.8, 4) is 11.5 Å². The molecule has 0 saturated heterocycles. The lowest BCUT2D eigenvalue weighted by molar-refractivity contribution is -0.112. The van der Waals surface area contributed by atoms with E-state index in [1.54, 1.807) is 67.6 Å². The number of ether oxygens (including phenoxy) is 3. The number of phenols is 1. The summed E-state index contributed by atoms with van der Waals surface area (Å²) < 4.78 is 16.7. The van der Waals surface area contributed by atoms with Gasteiger partial charge in [-0.25, -0.2) is 4.79 Å². The maximum atomic E-state index is 12.7. The van der Waals surface area contributed by atoms with Crippen LogP contribution < -0.4 is 21.1 Å². The van der Waals surface area contributed by atoms with Gasteiger partial charge in [-0.05, 0) is 55.0 Å². The minimum Gasteiger partial charge on any atom is -0.504 e. The van der Waals surface area contributed by atoms with Crippen LogP contribution in [0.2, 0.25) is 0 Å². The molecular formula is C27H29N3O6. The number of hydrogen-bond donors (Lipinski definition) is 4. The molecule has 0 aliphatic rings. The minimum atomic E-state index is -1.00. The highest BCUT2D eigenvalue weighted by Crippen LogP contribution is 2.33. The topological polar surface area (TPSA) is 132 Å². The number of anilines is 3. The maximum Gasteiger partial charge on any atom is 0.412 e. The molecule has 9 heteroatoms. The van der Waals surface area contributed by atoms with E-state index in [1.165, 1.54) is 25.3 Å². The average molecular weight is 492 g/mol. The molecule has 36 heavy (non-hydrogen) atoms. The van der Waals surface area contributed by atoms with E-state index in [0.29, 0.717) is 22.6 Å². The number of nitrogens with two attached hydrogens (primary N) is 1. The fourth-order valence-electron chi connectivity index (χ4n) is 3.40. The molecular weight excluding hydrogens is 462 g/mol. The van der Waals surface area contributed by atoms with Crippen LogP contribution in [0.4, 0.5) is 21.9 Å². The third kappa shape index (κ3) is 7.25. The Morgan fingerprint density at radius 1 is 1.03 bits per heavy atom. The molecule has 0 radical (unpaired) electrons. The number of nitrogen functional groups attached to an aromatic ring is 1. The highest BCUT2D eigenvalue weighted by molar-refractivity contribution is 6.01. The molecule has 3 rings (SSSR count). The van der Waals surface area contributed by atoms with Gasteiger partial charge in [0.25, 0.3) is 0 Å². The number of amides is 2. The molecule has 188 valence electrons. The van der Waals surface area contributed by atoms with Gasteiger partial charge in [0.1, 0.15) is 6.10 Å². The van der Waals surface area contributed by atoms with Crippen LogP contribution in [0.1, 0.15) is 18.6 Å². The van der Waals surface area contributed by atoms with E-state index in [0.717, 1.165) is 0 Å². The zero-order valence-electron chi connectivity index (χ0n) is 20.0. The molecule has 0 unspecified atom stereocenters. The van der Waals surface area contributed by atoms with Gasteiger partial charge in [0.05, 0.1) is 18.5 Å². The summed E-state index contributed by atoms with van der Waals surface area (Å²) >= 11 is 0. The Labute approximate surface area is 209 Å². The predicted octanol–water partition coefficient (Wildman–Crippen LogP) is 4.87. The van der Waals surface area contributed by atoms with E-state index in [1.807, 2.05) is 6.07 Å². The van der Waals surface area contributed by atoms with E-state index in [4.69, 9.17) is 19.9 Å². The molecule has 0 saturated carbocycles. The first-order valence-corrected chi connectivity index (χ1v) is 11.3. The molecule has 2 amide bonds. The number of methoxy groups -OCH3 is 1. The summed E-state index contributed by atoms with van der Waals surface area (Å²) in [6.45, 7) is 2.04. The van der Waals surface area contributed by atoms with Gasteiger partial charge in [0, 0.05) is 18.4 Å². The Kier molecular flexibility index (Phi) is 9.30. The number of para-hydroxylation sites is 3. The maximum absolute atomic E-state index is 12.7. The van der Waals surface area contributed by atoms with Crippen LogP contribution in [0.15, 0.2) is 84.9 Å². The molecule has 0 spiro atoms. The van der Waals surface area contributed by atoms with Gasteiger partial charge in [0.2, 0.25) is 5.91 Å². The van der Waals surface area contributed by atoms with Crippen LogP contribution >= 0.6 is 0 Å². The highest BCUT2D eigenvalue weighted by Gasteiger charge is 2.27. The van der Waals surface area contributed by atoms with Gasteiger partial charge in [-0.15, -0.1) is 0 Å². The van der Waals surface area contributed by atoms with E-state index >= 15 is 0 Å². The molecule has 2 atom stereocenters. The summed E-state index contributed by atoms with van der Waals surface area (Å²) in [5.41, 5.74) is 7.76. The molecule has 0 bridgehead atoms. The third-order valence-electron chi connectivity index (χ3n) is 5.10. The summed E-state index contributed by atoms with van der Waals surface area (Å²) in [5, 5.41) is 15.7. The summed E-state index contributed by atoms with van der Waals surface area (Å²) in [4.78, 5) is 25.3. The molecule has 0 fully saturated rings. The van der Waals surface area contributed by atoms with Crippen LogP contribution in [0.5, 0.6) is 11.5 Å². The van der Waals surface area contributed by atoms with E-state index in [2.05, 4.69) is 10.6 Å². The van der Waals surface area contributed by atoms with Crippen LogP contribution in [0.25, 0.3) is 0 Å². The quantitative estimate of drug-likeness (QED) is 0.235. The Morgan fingerprint density at radius 3 is 2.42 bits per heavy atom. The van der Waals surface area contributed by atoms with E-state index in [-0.39, 0.29) is 18.1 Å². The summed E-state index contributed by atoms with van der Waals surface area (Å²) in [5.74, 6) is -0.319. The van der Waals surface area contributed by atoms with Crippen molar-refractivity contribution < 1.29 is 28.9 Å². The zero-order chi connectivity index (χ0) is 25.9. The normalized spacial score (nSPS) is 12.5. The van der Waals surface area contributed by atoms with Crippen molar-refractivity contribution >= 4 is 29.1 Å². The van der Waals surface area contributed by atoms with Gasteiger partial charge in [0.15, 0.2) is 17.6 Å². The van der Waals surface area contributed by atoms with E-state index in [9.17, 15) is 14.7 Å². The van der Waals surface area contributed by atoms with Crippen LogP contribution in [-0.4, -0.2) is 36.9 Å². The standard InChI is InChI=1S/C27H29N3O6/c1-3-35-24(15-16-25(32)30-21-12-8-7-11-20(21)28)26(18-13-14-23(34-2)22(31)17-18)36-27(33)29-19-9-5-4-6-10-19/h4-17,24,26,31H,3,28H2,1-2H3,(H,29,33)(H,30,32)/b16-15+/t24-,26-/m0/s1. The second kappa shape index (κ2) is 12.8. The smallest absolute Gasteiger partial charge is 0.412 e. The average Bonchev–Trinajstić information content (AvgIpc) is 2.87. The SMILES string of the molecule is CCO[C@@H](/C=C/C(=O)Nc1ccccc1N)[C@@H](OC(=O)Nc1ccccc1)c1ccc(OC)c(O)c1. The van der Waals surface area contributed by atoms with Crippen LogP contribution in [0, 0.1) is 0 Å². The molecule has 0 heterocycles. The summed E-state index contributed by atoms with van der Waals surface area (Å²) in [6, 6.07) is 20.3. The largest absolute Gasteiger partial charge is 0.504 e. The number of carbonyl (C=O) groups excluding carboxylic acids is 2. The fourth-order valence-corrected chi connectivity index (χ4v) is 3.40. The monoisotopic (exact) mass is 491 g/mol. The predicted molar refractivity (Wildman–Crippen MR) is 138 cm³/mol. The second-order valence-corrected chi connectivity index (χ2v) is 7.60. The highest BCUT2D eigenvalue weighted by atomic mass is 16.6. The van der Waals surface area contributed by atoms with Crippen LogP contribution in [-0.2, 0) is 14.3 Å². The first kappa shape index (κ1) is 26.1. The lowest BCUT2D eigenvalue weighted by atomic mass is 10.0. The summed E-state index contributed by atoms with van der Waals surface area (Å²) in [7, 11) is 1.43. The van der Waals surface area contributed by atoms with Gasteiger partial charge in [-0.2, -0.15) is 0 Å². The molecule has 9 nitrogen and oxygen atoms in total. The molecule has 3 aromatic rings. The van der Waals surface area contributed by atoms with Crippen LogP contribution in [0.3, 0.4) is 0 Å². The number of carbonyl (C=O) groups is 2. The van der Waals surface area contributed by atoms with E-state index < -0.39 is 24.2 Å². The van der Waals surface area contributed by atoms with Gasteiger partial charge >= 0.3 is 6.09 Å². The second-order valence-electron chi connectivity index (χ2n) is 7.60. The Morgan fingerprint density at radius 2 is 1.75 bits per heavy atom. The van der Waals surface area contributed by atoms with Crippen molar-refractivity contribution in [1.82, 2.24) is 0 Å². The van der Waals surface area contributed by atoms with Crippen molar-refractivity contribution in [2.24, 2.45) is 0 Å². The number of phenolic OH excluding ortho intramolecular Hbond substituents is 1. The molecule has 0 aromatic heterocycles. The molecule has 3 aromatic carbocycles. The first-order chi connectivity index (χ1) is 17.4. The molecule has 5 N–H and O–H groups in total. The summed E-state index contributed by atoms with van der Waals surface area (Å²) in [6.07, 6.45) is 0.169. The first-order valence-electron chi connectivity index (χ1n) is 11.3. The minimum absolute atomic E-state index is 0.136. The number of rotatable bonds is 10. The Hall–Kier alpha value is -4.50. The van der Waals surface area contributed by atoms with Crippen molar-refractivity contribution in [3.63, 3.8) is 0 Å². The lowest BCUT2D eigenvalue weighted by Crippen LogP contribution is -2.28. The van der Waals surface area contributed by atoms with Crippen molar-refractivity contribution in [1.29, 1.82) is 0 Å². The van der Waals surface area contributed by atoms with Crippen molar-refractivity contribution in [2.75, 3.05) is 30.1 Å². The molecule has 0 aliphatic heterocycles. The van der Waals surface area contributed by atoms with Crippen molar-refractivity contribution in [2.45, 2.75) is 19.1 Å². The Balaban J connectivity index is 1.86. The van der Waals surface area contributed by atoms with Gasteiger partial charge in [-0.1, -0.05) is 36.4 Å². The number of hydrogen-bond acceptors (Lipinski definition) is 7. The zero-order valence-corrected chi connectivity index (χ0v) is 20.0. The molecule has 0 aliphatic carbocycles. The van der Waals surface area contributed by atoms with Gasteiger partial charge < -0.3 is 30.4 Å². The fraction of sp³-hybridized carbons (Fsp3) is 0.185. The lowest BCUT2D eigenvalue weighted by Gasteiger charge is -2.25. The van der Waals surface area contributed by atoms with Crippen molar-refractivity contribution in [3.05, 3.63) is 90.5 Å². The third-order valence-corrected chi connectivity index (χ3v) is 5.10. The number of nitrogens with one attached hydrogen (secondary N) is 2. The Bertz CT molecular complexity index is 1200. The van der Waals surface area contributed by atoms with Gasteiger partial charge in [-0.3, -0.25) is 10.1 Å². The number of benzene rings is 3.